The zero-order valence-corrected chi connectivity index (χ0v) is 12.9. The maximum absolute atomic E-state index is 11.4. The predicted octanol–water partition coefficient (Wildman–Crippen LogP) is 2.88. The lowest BCUT2D eigenvalue weighted by molar-refractivity contribution is -0.118. The standard InChI is InChI=1S/C18H26N2O/c1-14(6-3-4-8-17(21)13-19-2)16-10-9-15-7-5-11-20-18(15)12-16/h5,9-12,15,18-20H,1,3-4,6-8,13H2,2H3. The van der Waals surface area contributed by atoms with Gasteiger partial charge in [0.05, 0.1) is 12.6 Å². The van der Waals surface area contributed by atoms with Gasteiger partial charge in [-0.05, 0) is 50.1 Å². The molecule has 2 aliphatic rings. The highest BCUT2D eigenvalue weighted by molar-refractivity contribution is 5.80. The molecule has 0 radical (unpaired) electrons. The minimum Gasteiger partial charge on any atom is -0.384 e. The minimum absolute atomic E-state index is 0.293. The summed E-state index contributed by atoms with van der Waals surface area (Å²) in [5.74, 6) is 0.867. The van der Waals surface area contributed by atoms with Gasteiger partial charge in [0, 0.05) is 12.3 Å². The lowest BCUT2D eigenvalue weighted by Gasteiger charge is -2.29. The van der Waals surface area contributed by atoms with Crippen LogP contribution in [0.15, 0.2) is 48.2 Å². The molecule has 0 saturated carbocycles. The van der Waals surface area contributed by atoms with Crippen molar-refractivity contribution in [1.29, 1.82) is 0 Å². The molecule has 0 aromatic carbocycles. The molecule has 2 rings (SSSR count). The van der Waals surface area contributed by atoms with Gasteiger partial charge >= 0.3 is 0 Å². The number of nitrogens with one attached hydrogen (secondary N) is 2. The number of fused-ring (bicyclic) bond motifs is 1. The van der Waals surface area contributed by atoms with Crippen LogP contribution in [-0.2, 0) is 4.79 Å². The third kappa shape index (κ3) is 4.71. The second kappa shape index (κ2) is 7.99. The molecular weight excluding hydrogens is 260 g/mol. The molecule has 0 saturated heterocycles. The van der Waals surface area contributed by atoms with Crippen LogP contribution in [0.4, 0.5) is 0 Å². The van der Waals surface area contributed by atoms with Gasteiger partial charge in [-0.25, -0.2) is 0 Å². The van der Waals surface area contributed by atoms with E-state index < -0.39 is 0 Å². The summed E-state index contributed by atoms with van der Waals surface area (Å²) in [7, 11) is 1.81. The Morgan fingerprint density at radius 1 is 1.43 bits per heavy atom. The van der Waals surface area contributed by atoms with Crippen molar-refractivity contribution in [2.75, 3.05) is 13.6 Å². The molecule has 3 nitrogen and oxygen atoms in total. The largest absolute Gasteiger partial charge is 0.384 e. The van der Waals surface area contributed by atoms with Crippen LogP contribution in [0.1, 0.15) is 32.1 Å². The molecule has 0 spiro atoms. The molecule has 2 N–H and O–H groups in total. The van der Waals surface area contributed by atoms with Gasteiger partial charge in [-0.15, -0.1) is 0 Å². The van der Waals surface area contributed by atoms with Crippen LogP contribution in [0.3, 0.4) is 0 Å². The molecule has 0 aromatic heterocycles. The Balaban J connectivity index is 1.74. The van der Waals surface area contributed by atoms with Gasteiger partial charge < -0.3 is 10.6 Å². The Bertz CT molecular complexity index is 474. The fourth-order valence-electron chi connectivity index (χ4n) is 2.85. The summed E-state index contributed by atoms with van der Waals surface area (Å²) < 4.78 is 0. The third-order valence-electron chi connectivity index (χ3n) is 4.12. The van der Waals surface area contributed by atoms with E-state index in [0.29, 0.717) is 30.7 Å². The molecule has 2 atom stereocenters. The molecule has 3 heteroatoms. The Morgan fingerprint density at radius 3 is 3.05 bits per heavy atom. The molecule has 21 heavy (non-hydrogen) atoms. The van der Waals surface area contributed by atoms with Crippen molar-refractivity contribution in [3.8, 4) is 0 Å². The Morgan fingerprint density at radius 2 is 2.24 bits per heavy atom. The van der Waals surface area contributed by atoms with Gasteiger partial charge in [0.25, 0.3) is 0 Å². The van der Waals surface area contributed by atoms with E-state index in [9.17, 15) is 4.79 Å². The average Bonchev–Trinajstić information content (AvgIpc) is 2.51. The first-order chi connectivity index (χ1) is 10.2. The van der Waals surface area contributed by atoms with Crippen molar-refractivity contribution in [2.24, 2.45) is 5.92 Å². The van der Waals surface area contributed by atoms with E-state index in [1.807, 2.05) is 13.2 Å². The number of carbonyl (C=O) groups excluding carboxylic acids is 1. The first kappa shape index (κ1) is 15.8. The van der Waals surface area contributed by atoms with Crippen LogP contribution in [0.5, 0.6) is 0 Å². The number of hydrogen-bond donors (Lipinski definition) is 2. The summed E-state index contributed by atoms with van der Waals surface area (Å²) in [6.45, 7) is 4.69. The maximum atomic E-state index is 11.4. The van der Waals surface area contributed by atoms with Crippen LogP contribution in [-0.4, -0.2) is 25.4 Å². The van der Waals surface area contributed by atoms with E-state index >= 15 is 0 Å². The summed E-state index contributed by atoms with van der Waals surface area (Å²) in [6.07, 6.45) is 15.7. The van der Waals surface area contributed by atoms with Crippen molar-refractivity contribution in [3.63, 3.8) is 0 Å². The number of Topliss-reactive ketones (excluding diaryl/α,β-unsaturated/α-hetero) is 1. The minimum atomic E-state index is 0.293. The topological polar surface area (TPSA) is 41.1 Å². The number of ketones is 1. The molecule has 1 heterocycles. The highest BCUT2D eigenvalue weighted by Crippen LogP contribution is 2.27. The van der Waals surface area contributed by atoms with Crippen molar-refractivity contribution in [2.45, 2.75) is 38.1 Å². The summed E-state index contributed by atoms with van der Waals surface area (Å²) in [5, 5.41) is 6.30. The van der Waals surface area contributed by atoms with Gasteiger partial charge in [-0.2, -0.15) is 0 Å². The van der Waals surface area contributed by atoms with E-state index in [1.54, 1.807) is 0 Å². The van der Waals surface area contributed by atoms with Crippen molar-refractivity contribution >= 4 is 5.78 Å². The molecule has 2 unspecified atom stereocenters. The lowest BCUT2D eigenvalue weighted by Crippen LogP contribution is -2.34. The zero-order chi connectivity index (χ0) is 15.1. The molecule has 0 fully saturated rings. The Kier molecular flexibility index (Phi) is 6.00. The van der Waals surface area contributed by atoms with E-state index in [0.717, 1.165) is 25.7 Å². The van der Waals surface area contributed by atoms with Gasteiger partial charge in [0.2, 0.25) is 0 Å². The normalized spacial score (nSPS) is 23.2. The highest BCUT2D eigenvalue weighted by atomic mass is 16.1. The SMILES string of the molecule is C=C(CCCCC(=O)CNC)C1=CC2NC=CCC2C=C1. The van der Waals surface area contributed by atoms with Crippen LogP contribution in [0, 0.1) is 5.92 Å². The fraction of sp³-hybridized carbons (Fsp3) is 0.500. The van der Waals surface area contributed by atoms with E-state index in [-0.39, 0.29) is 0 Å². The molecule has 114 valence electrons. The molecular formula is C18H26N2O. The second-order valence-corrected chi connectivity index (χ2v) is 5.86. The van der Waals surface area contributed by atoms with Crippen molar-refractivity contribution in [1.82, 2.24) is 10.6 Å². The summed E-state index contributed by atoms with van der Waals surface area (Å²) in [6, 6.07) is 0.406. The lowest BCUT2D eigenvalue weighted by atomic mass is 9.85. The van der Waals surface area contributed by atoms with Crippen LogP contribution < -0.4 is 10.6 Å². The number of unbranched alkanes of at least 4 members (excludes halogenated alkanes) is 1. The number of hydrogen-bond acceptors (Lipinski definition) is 3. The number of likely N-dealkylation sites (N-methyl/N-ethyl adjacent to an activating group) is 1. The molecule has 0 aromatic rings. The first-order valence-electron chi connectivity index (χ1n) is 7.86. The van der Waals surface area contributed by atoms with Crippen LogP contribution in [0.25, 0.3) is 0 Å². The number of carbonyl (C=O) groups is 1. The van der Waals surface area contributed by atoms with E-state index in [4.69, 9.17) is 0 Å². The molecule has 0 amide bonds. The Hall–Kier alpha value is -1.61. The second-order valence-electron chi connectivity index (χ2n) is 5.86. The number of allylic oxidation sites excluding steroid dienone is 4. The average molecular weight is 286 g/mol. The monoisotopic (exact) mass is 286 g/mol. The van der Waals surface area contributed by atoms with Gasteiger partial charge in [-0.1, -0.05) is 30.9 Å². The van der Waals surface area contributed by atoms with Gasteiger partial charge in [0.1, 0.15) is 5.78 Å². The summed E-state index contributed by atoms with van der Waals surface area (Å²) >= 11 is 0. The van der Waals surface area contributed by atoms with E-state index in [1.165, 1.54) is 11.1 Å². The smallest absolute Gasteiger partial charge is 0.146 e. The molecule has 1 aliphatic carbocycles. The zero-order valence-electron chi connectivity index (χ0n) is 12.9. The van der Waals surface area contributed by atoms with Crippen molar-refractivity contribution in [3.05, 3.63) is 48.2 Å². The van der Waals surface area contributed by atoms with Gasteiger partial charge in [0.15, 0.2) is 0 Å². The van der Waals surface area contributed by atoms with Crippen molar-refractivity contribution < 1.29 is 4.79 Å². The van der Waals surface area contributed by atoms with Crippen LogP contribution >= 0.6 is 0 Å². The predicted molar refractivity (Wildman–Crippen MR) is 87.9 cm³/mol. The summed E-state index contributed by atoms with van der Waals surface area (Å²) in [5.41, 5.74) is 2.43. The Labute approximate surface area is 127 Å². The van der Waals surface area contributed by atoms with E-state index in [2.05, 4.69) is 41.5 Å². The maximum Gasteiger partial charge on any atom is 0.146 e. The summed E-state index contributed by atoms with van der Waals surface area (Å²) in [4.78, 5) is 11.4. The third-order valence-corrected chi connectivity index (χ3v) is 4.12. The quantitative estimate of drug-likeness (QED) is 0.674. The number of rotatable bonds is 8. The fourth-order valence-corrected chi connectivity index (χ4v) is 2.85. The highest BCUT2D eigenvalue weighted by Gasteiger charge is 2.21. The van der Waals surface area contributed by atoms with Crippen LogP contribution in [0.2, 0.25) is 0 Å². The molecule has 0 bridgehead atoms. The molecule has 1 aliphatic heterocycles. The van der Waals surface area contributed by atoms with Gasteiger partial charge in [-0.3, -0.25) is 4.79 Å². The first-order valence-corrected chi connectivity index (χ1v) is 7.86.